The van der Waals surface area contributed by atoms with Crippen molar-refractivity contribution in [3.8, 4) is 0 Å². The van der Waals surface area contributed by atoms with Gasteiger partial charge in [0.25, 0.3) is 5.91 Å². The molecule has 3 N–H and O–H groups in total. The molecule has 2 aromatic carbocycles. The van der Waals surface area contributed by atoms with Gasteiger partial charge in [-0.3, -0.25) is 4.79 Å². The van der Waals surface area contributed by atoms with E-state index in [2.05, 4.69) is 10.6 Å². The molecule has 0 saturated carbocycles. The third kappa shape index (κ3) is 5.36. The molecule has 3 aromatic rings. The van der Waals surface area contributed by atoms with E-state index in [0.717, 1.165) is 49.7 Å². The highest BCUT2D eigenvalue weighted by atomic mass is 16.5. The van der Waals surface area contributed by atoms with Crippen LogP contribution in [-0.4, -0.2) is 64.3 Å². The zero-order chi connectivity index (χ0) is 24.9. The summed E-state index contributed by atoms with van der Waals surface area (Å²) in [7, 11) is 0. The van der Waals surface area contributed by atoms with Gasteiger partial charge in [0.2, 0.25) is 0 Å². The number of ether oxygens (including phenoxy) is 1. The number of carboxylic acid groups (broad SMARTS) is 1. The van der Waals surface area contributed by atoms with Crippen LogP contribution < -0.4 is 10.6 Å². The van der Waals surface area contributed by atoms with Crippen LogP contribution in [0.3, 0.4) is 0 Å². The Kier molecular flexibility index (Phi) is 7.18. The van der Waals surface area contributed by atoms with E-state index in [1.807, 2.05) is 39.8 Å². The lowest BCUT2D eigenvalue weighted by Gasteiger charge is -2.29. The molecular weight excluding hydrogens is 458 g/mol. The van der Waals surface area contributed by atoms with E-state index in [9.17, 15) is 9.59 Å². The molecule has 1 amide bonds. The molecule has 2 aliphatic rings. The maximum atomic E-state index is 13.8. The van der Waals surface area contributed by atoms with E-state index >= 15 is 0 Å². The van der Waals surface area contributed by atoms with Crippen molar-refractivity contribution in [2.75, 3.05) is 43.5 Å². The fourth-order valence-electron chi connectivity index (χ4n) is 4.80. The van der Waals surface area contributed by atoms with E-state index in [4.69, 9.17) is 14.8 Å². The van der Waals surface area contributed by atoms with Gasteiger partial charge in [-0.1, -0.05) is 30.3 Å². The van der Waals surface area contributed by atoms with Gasteiger partial charge in [0.1, 0.15) is 5.82 Å². The van der Waals surface area contributed by atoms with Crippen LogP contribution >= 0.6 is 0 Å². The van der Waals surface area contributed by atoms with Crippen molar-refractivity contribution in [2.24, 2.45) is 5.92 Å². The van der Waals surface area contributed by atoms with Crippen LogP contribution in [0.1, 0.15) is 45.1 Å². The number of anilines is 2. The number of carboxylic acids is 1. The SMILES string of the molecule is O=C(O)c1ccc(NCc2nc3c(n2Cc2ccccc2)C(=O)N(CC2CCOCC2)CCN3)cc1. The Balaban J connectivity index is 1.42. The zero-order valence-corrected chi connectivity index (χ0v) is 20.2. The second-order valence-electron chi connectivity index (χ2n) is 9.27. The van der Waals surface area contributed by atoms with Crippen molar-refractivity contribution < 1.29 is 19.4 Å². The lowest BCUT2D eigenvalue weighted by molar-refractivity contribution is 0.0463. The first-order chi connectivity index (χ1) is 17.6. The monoisotopic (exact) mass is 489 g/mol. The number of fused-ring (bicyclic) bond motifs is 1. The molecule has 2 aliphatic heterocycles. The molecule has 3 heterocycles. The fourth-order valence-corrected chi connectivity index (χ4v) is 4.80. The first-order valence-electron chi connectivity index (χ1n) is 12.4. The molecule has 1 saturated heterocycles. The van der Waals surface area contributed by atoms with Gasteiger partial charge in [-0.25, -0.2) is 9.78 Å². The summed E-state index contributed by atoms with van der Waals surface area (Å²) in [6.07, 6.45) is 1.95. The fraction of sp³-hybridized carbons (Fsp3) is 0.370. The Hall–Kier alpha value is -3.85. The van der Waals surface area contributed by atoms with Crippen molar-refractivity contribution in [3.05, 3.63) is 77.2 Å². The van der Waals surface area contributed by atoms with Crippen molar-refractivity contribution in [1.29, 1.82) is 0 Å². The van der Waals surface area contributed by atoms with Crippen LogP contribution in [0.4, 0.5) is 11.5 Å². The Morgan fingerprint density at radius 2 is 1.86 bits per heavy atom. The van der Waals surface area contributed by atoms with Crippen molar-refractivity contribution in [2.45, 2.75) is 25.9 Å². The number of benzene rings is 2. The number of carbonyl (C=O) groups excluding carboxylic acids is 1. The van der Waals surface area contributed by atoms with E-state index < -0.39 is 5.97 Å². The van der Waals surface area contributed by atoms with Crippen LogP contribution in [-0.2, 0) is 17.8 Å². The molecule has 0 radical (unpaired) electrons. The second kappa shape index (κ2) is 10.8. The molecule has 188 valence electrons. The second-order valence-corrected chi connectivity index (χ2v) is 9.27. The lowest BCUT2D eigenvalue weighted by Crippen LogP contribution is -2.39. The average Bonchev–Trinajstić information content (AvgIpc) is 3.16. The Labute approximate surface area is 210 Å². The van der Waals surface area contributed by atoms with Gasteiger partial charge in [-0.05, 0) is 48.6 Å². The topological polar surface area (TPSA) is 109 Å². The highest BCUT2D eigenvalue weighted by Gasteiger charge is 2.31. The molecule has 1 fully saturated rings. The van der Waals surface area contributed by atoms with Gasteiger partial charge in [0, 0.05) is 45.1 Å². The number of nitrogens with one attached hydrogen (secondary N) is 2. The molecule has 9 heteroatoms. The summed E-state index contributed by atoms with van der Waals surface area (Å²) in [5.74, 6) is 0.841. The minimum atomic E-state index is -0.960. The van der Waals surface area contributed by atoms with E-state index in [1.54, 1.807) is 24.3 Å². The highest BCUT2D eigenvalue weighted by Crippen LogP contribution is 2.26. The molecule has 0 bridgehead atoms. The summed E-state index contributed by atoms with van der Waals surface area (Å²) in [5.41, 5.74) is 2.68. The van der Waals surface area contributed by atoms with Crippen LogP contribution in [0, 0.1) is 5.92 Å². The zero-order valence-electron chi connectivity index (χ0n) is 20.2. The van der Waals surface area contributed by atoms with Crippen molar-refractivity contribution in [3.63, 3.8) is 0 Å². The van der Waals surface area contributed by atoms with Crippen LogP contribution in [0.5, 0.6) is 0 Å². The number of nitrogens with zero attached hydrogens (tertiary/aromatic N) is 3. The van der Waals surface area contributed by atoms with E-state index in [1.165, 1.54) is 0 Å². The normalized spacial score (nSPS) is 16.2. The summed E-state index contributed by atoms with van der Waals surface area (Å²) >= 11 is 0. The Bertz CT molecular complexity index is 1200. The van der Waals surface area contributed by atoms with Gasteiger partial charge < -0.3 is 29.9 Å². The van der Waals surface area contributed by atoms with Crippen molar-refractivity contribution >= 4 is 23.4 Å². The maximum absolute atomic E-state index is 13.8. The molecule has 0 unspecified atom stereocenters. The van der Waals surface area contributed by atoms with Gasteiger partial charge >= 0.3 is 5.97 Å². The van der Waals surface area contributed by atoms with Gasteiger partial charge in [0.05, 0.1) is 12.1 Å². The van der Waals surface area contributed by atoms with E-state index in [-0.39, 0.29) is 11.5 Å². The molecule has 5 rings (SSSR count). The first-order valence-corrected chi connectivity index (χ1v) is 12.4. The molecule has 0 atom stereocenters. The number of aromatic nitrogens is 2. The van der Waals surface area contributed by atoms with Gasteiger partial charge in [0.15, 0.2) is 11.5 Å². The standard InChI is InChI=1S/C27H31N5O4/c33-26-24-25(28-12-13-31(26)17-20-10-14-36-15-11-20)30-23(32(24)18-19-4-2-1-3-5-19)16-29-22-8-6-21(7-9-22)27(34)35/h1-9,20,28-29H,10-18H2,(H,34,35). The number of hydrogen-bond donors (Lipinski definition) is 3. The number of imidazole rings is 1. The Morgan fingerprint density at radius 3 is 2.58 bits per heavy atom. The van der Waals surface area contributed by atoms with Gasteiger partial charge in [-0.15, -0.1) is 0 Å². The minimum absolute atomic E-state index is 0.00184. The lowest BCUT2D eigenvalue weighted by atomic mass is 9.99. The molecule has 0 spiro atoms. The summed E-state index contributed by atoms with van der Waals surface area (Å²) in [5, 5.41) is 15.8. The molecule has 1 aromatic heterocycles. The van der Waals surface area contributed by atoms with E-state index in [0.29, 0.717) is 43.6 Å². The van der Waals surface area contributed by atoms with Gasteiger partial charge in [-0.2, -0.15) is 0 Å². The predicted octanol–water partition coefficient (Wildman–Crippen LogP) is 3.54. The number of hydrogen-bond acceptors (Lipinski definition) is 6. The average molecular weight is 490 g/mol. The molecule has 36 heavy (non-hydrogen) atoms. The minimum Gasteiger partial charge on any atom is -0.478 e. The summed E-state index contributed by atoms with van der Waals surface area (Å²) in [6, 6.07) is 16.6. The van der Waals surface area contributed by atoms with Crippen LogP contribution in [0.2, 0.25) is 0 Å². The predicted molar refractivity (Wildman–Crippen MR) is 136 cm³/mol. The summed E-state index contributed by atoms with van der Waals surface area (Å²) in [6.45, 7) is 4.44. The number of carbonyl (C=O) groups is 2. The largest absolute Gasteiger partial charge is 0.478 e. The van der Waals surface area contributed by atoms with Crippen molar-refractivity contribution in [1.82, 2.24) is 14.5 Å². The third-order valence-corrected chi connectivity index (χ3v) is 6.80. The third-order valence-electron chi connectivity index (χ3n) is 6.80. The summed E-state index contributed by atoms with van der Waals surface area (Å²) < 4.78 is 7.50. The highest BCUT2D eigenvalue weighted by molar-refractivity contribution is 5.98. The Morgan fingerprint density at radius 1 is 1.11 bits per heavy atom. The van der Waals surface area contributed by atoms with Crippen LogP contribution in [0.15, 0.2) is 54.6 Å². The molecule has 9 nitrogen and oxygen atoms in total. The molecular formula is C27H31N5O4. The maximum Gasteiger partial charge on any atom is 0.335 e. The summed E-state index contributed by atoms with van der Waals surface area (Å²) in [4.78, 5) is 31.8. The smallest absolute Gasteiger partial charge is 0.335 e. The number of aromatic carboxylic acids is 1. The first kappa shape index (κ1) is 23.9. The molecule has 0 aliphatic carbocycles. The quantitative estimate of drug-likeness (QED) is 0.444. The van der Waals surface area contributed by atoms with Crippen LogP contribution in [0.25, 0.3) is 0 Å². The number of amides is 1. The number of rotatable bonds is 8.